The van der Waals surface area contributed by atoms with Crippen LogP contribution in [0.25, 0.3) is 0 Å². The van der Waals surface area contributed by atoms with Gasteiger partial charge in [0.15, 0.2) is 0 Å². The van der Waals surface area contributed by atoms with Crippen LogP contribution in [0.4, 0.5) is 0 Å². The molecule has 0 radical (unpaired) electrons. The van der Waals surface area contributed by atoms with E-state index in [0.717, 1.165) is 18.5 Å². The molecule has 124 valence electrons. The van der Waals surface area contributed by atoms with Gasteiger partial charge in [-0.25, -0.2) is 0 Å². The summed E-state index contributed by atoms with van der Waals surface area (Å²) in [6, 6.07) is 6.41. The number of carbonyl (C=O) groups excluding carboxylic acids is 1. The molecule has 23 heavy (non-hydrogen) atoms. The molecular weight excluding hydrogens is 284 g/mol. The van der Waals surface area contributed by atoms with E-state index in [4.69, 9.17) is 0 Å². The SMILES string of the molecule is CC(C)=C[C@@H]1[C@H](C(=O)N(C2CC2)[C@H](C)c2ccccn2)C1(C)C. The Bertz CT molecular complexity index is 612. The van der Waals surface area contributed by atoms with Crippen molar-refractivity contribution in [2.75, 3.05) is 0 Å². The van der Waals surface area contributed by atoms with Crippen molar-refractivity contribution < 1.29 is 4.79 Å². The lowest BCUT2D eigenvalue weighted by atomic mass is 10.1. The van der Waals surface area contributed by atoms with Crippen LogP contribution < -0.4 is 0 Å². The molecule has 0 aliphatic heterocycles. The first kappa shape index (κ1) is 16.2. The van der Waals surface area contributed by atoms with Crippen LogP contribution in [-0.4, -0.2) is 21.8 Å². The topological polar surface area (TPSA) is 33.2 Å². The zero-order chi connectivity index (χ0) is 16.8. The summed E-state index contributed by atoms with van der Waals surface area (Å²) in [7, 11) is 0. The van der Waals surface area contributed by atoms with E-state index in [-0.39, 0.29) is 17.4 Å². The summed E-state index contributed by atoms with van der Waals surface area (Å²) >= 11 is 0. The molecule has 2 fully saturated rings. The lowest BCUT2D eigenvalue weighted by Crippen LogP contribution is -2.38. The third kappa shape index (κ3) is 3.06. The van der Waals surface area contributed by atoms with E-state index in [1.807, 2.05) is 24.4 Å². The smallest absolute Gasteiger partial charge is 0.227 e. The number of carbonyl (C=O) groups is 1. The van der Waals surface area contributed by atoms with Crippen LogP contribution in [0.15, 0.2) is 36.0 Å². The van der Waals surface area contributed by atoms with Gasteiger partial charge in [-0.05, 0) is 57.1 Å². The van der Waals surface area contributed by atoms with Crippen LogP contribution in [0.5, 0.6) is 0 Å². The Morgan fingerprint density at radius 3 is 2.57 bits per heavy atom. The van der Waals surface area contributed by atoms with Gasteiger partial charge in [-0.2, -0.15) is 0 Å². The molecule has 1 heterocycles. The minimum Gasteiger partial charge on any atom is -0.331 e. The first-order chi connectivity index (χ1) is 10.8. The second-order valence-corrected chi connectivity index (χ2v) is 7.98. The van der Waals surface area contributed by atoms with E-state index in [1.54, 1.807) is 0 Å². The lowest BCUT2D eigenvalue weighted by Gasteiger charge is -2.30. The van der Waals surface area contributed by atoms with Gasteiger partial charge < -0.3 is 4.90 Å². The number of nitrogens with zero attached hydrogens (tertiary/aromatic N) is 2. The first-order valence-corrected chi connectivity index (χ1v) is 8.72. The average Bonchev–Trinajstić information content (AvgIpc) is 3.39. The number of allylic oxidation sites excluding steroid dienone is 2. The quantitative estimate of drug-likeness (QED) is 0.756. The van der Waals surface area contributed by atoms with E-state index in [2.05, 4.69) is 50.6 Å². The Hall–Kier alpha value is -1.64. The maximum atomic E-state index is 13.3. The van der Waals surface area contributed by atoms with E-state index < -0.39 is 0 Å². The second-order valence-electron chi connectivity index (χ2n) is 7.98. The van der Waals surface area contributed by atoms with Crippen molar-refractivity contribution in [2.45, 2.75) is 59.5 Å². The number of pyridine rings is 1. The Morgan fingerprint density at radius 1 is 1.35 bits per heavy atom. The third-order valence-corrected chi connectivity index (χ3v) is 5.42. The van der Waals surface area contributed by atoms with Gasteiger partial charge in [0.05, 0.1) is 17.7 Å². The molecule has 1 aromatic heterocycles. The van der Waals surface area contributed by atoms with Crippen molar-refractivity contribution in [2.24, 2.45) is 17.3 Å². The summed E-state index contributed by atoms with van der Waals surface area (Å²) in [5.74, 6) is 0.805. The largest absolute Gasteiger partial charge is 0.331 e. The highest BCUT2D eigenvalue weighted by Gasteiger charge is 2.62. The molecule has 3 atom stereocenters. The molecule has 1 aromatic rings. The molecule has 2 saturated carbocycles. The van der Waals surface area contributed by atoms with E-state index >= 15 is 0 Å². The van der Waals surface area contributed by atoms with Crippen molar-refractivity contribution >= 4 is 5.91 Å². The molecule has 0 spiro atoms. The normalized spacial score (nSPS) is 26.3. The molecule has 0 N–H and O–H groups in total. The fourth-order valence-electron chi connectivity index (χ4n) is 3.79. The summed E-state index contributed by atoms with van der Waals surface area (Å²) in [4.78, 5) is 19.9. The third-order valence-electron chi connectivity index (χ3n) is 5.42. The molecule has 0 aromatic carbocycles. The highest BCUT2D eigenvalue weighted by atomic mass is 16.2. The van der Waals surface area contributed by atoms with Crippen LogP contribution in [0.2, 0.25) is 0 Å². The molecule has 3 rings (SSSR count). The molecule has 0 unspecified atom stereocenters. The highest BCUT2D eigenvalue weighted by Crippen LogP contribution is 2.61. The molecule has 3 heteroatoms. The molecule has 3 nitrogen and oxygen atoms in total. The second kappa shape index (κ2) is 5.77. The van der Waals surface area contributed by atoms with Crippen LogP contribution in [0.3, 0.4) is 0 Å². The Balaban J connectivity index is 1.82. The van der Waals surface area contributed by atoms with Gasteiger partial charge in [0, 0.05) is 12.2 Å². The van der Waals surface area contributed by atoms with E-state index in [9.17, 15) is 4.79 Å². The van der Waals surface area contributed by atoms with Crippen LogP contribution >= 0.6 is 0 Å². The van der Waals surface area contributed by atoms with Gasteiger partial charge in [0.25, 0.3) is 0 Å². The molecule has 2 aliphatic carbocycles. The zero-order valence-electron chi connectivity index (χ0n) is 14.9. The monoisotopic (exact) mass is 312 g/mol. The van der Waals surface area contributed by atoms with Crippen molar-refractivity contribution in [3.8, 4) is 0 Å². The molecule has 0 saturated heterocycles. The Morgan fingerprint density at radius 2 is 2.04 bits per heavy atom. The standard InChI is InChI=1S/C20H28N2O/c1-13(2)12-16-18(20(16,4)5)19(23)22(15-9-10-15)14(3)17-8-6-7-11-21-17/h6-8,11-12,14-16,18H,9-10H2,1-5H3/t14-,16-,18-/m1/s1. The summed E-state index contributed by atoms with van der Waals surface area (Å²) in [5, 5.41) is 0. The highest BCUT2D eigenvalue weighted by molar-refractivity contribution is 5.84. The Kier molecular flexibility index (Phi) is 4.07. The van der Waals surface area contributed by atoms with Crippen LogP contribution in [0.1, 0.15) is 59.2 Å². The van der Waals surface area contributed by atoms with Crippen molar-refractivity contribution in [3.05, 3.63) is 41.7 Å². The number of aromatic nitrogens is 1. The van der Waals surface area contributed by atoms with Crippen molar-refractivity contribution in [1.29, 1.82) is 0 Å². The number of hydrogen-bond donors (Lipinski definition) is 0. The summed E-state index contributed by atoms with van der Waals surface area (Å²) in [5.41, 5.74) is 2.37. The molecule has 1 amide bonds. The summed E-state index contributed by atoms with van der Waals surface area (Å²) < 4.78 is 0. The van der Waals surface area contributed by atoms with Gasteiger partial charge in [0.2, 0.25) is 5.91 Å². The van der Waals surface area contributed by atoms with E-state index in [0.29, 0.717) is 17.9 Å². The van der Waals surface area contributed by atoms with E-state index in [1.165, 1.54) is 5.57 Å². The van der Waals surface area contributed by atoms with Gasteiger partial charge in [-0.1, -0.05) is 31.6 Å². The van der Waals surface area contributed by atoms with Crippen molar-refractivity contribution in [1.82, 2.24) is 9.88 Å². The Labute approximate surface area is 139 Å². The first-order valence-electron chi connectivity index (χ1n) is 8.72. The molecule has 0 bridgehead atoms. The predicted octanol–water partition coefficient (Wildman–Crippen LogP) is 4.37. The number of rotatable bonds is 5. The van der Waals surface area contributed by atoms with Gasteiger partial charge in [-0.15, -0.1) is 0 Å². The summed E-state index contributed by atoms with van der Waals surface area (Å²) in [6.45, 7) is 10.8. The molecular formula is C20H28N2O. The lowest BCUT2D eigenvalue weighted by molar-refractivity contribution is -0.136. The predicted molar refractivity (Wildman–Crippen MR) is 92.7 cm³/mol. The minimum absolute atomic E-state index is 0.0555. The van der Waals surface area contributed by atoms with Crippen LogP contribution in [0, 0.1) is 17.3 Å². The number of hydrogen-bond acceptors (Lipinski definition) is 2. The fraction of sp³-hybridized carbons (Fsp3) is 0.600. The minimum atomic E-state index is 0.0555. The van der Waals surface area contributed by atoms with Crippen LogP contribution in [-0.2, 0) is 4.79 Å². The maximum absolute atomic E-state index is 13.3. The molecule has 2 aliphatic rings. The van der Waals surface area contributed by atoms with Gasteiger partial charge in [-0.3, -0.25) is 9.78 Å². The zero-order valence-corrected chi connectivity index (χ0v) is 14.9. The van der Waals surface area contributed by atoms with Crippen molar-refractivity contribution in [3.63, 3.8) is 0 Å². The number of amides is 1. The summed E-state index contributed by atoms with van der Waals surface area (Å²) in [6.07, 6.45) is 6.35. The van der Waals surface area contributed by atoms with Gasteiger partial charge >= 0.3 is 0 Å². The fourth-order valence-corrected chi connectivity index (χ4v) is 3.79. The maximum Gasteiger partial charge on any atom is 0.227 e. The van der Waals surface area contributed by atoms with Gasteiger partial charge in [0.1, 0.15) is 0 Å². The average molecular weight is 312 g/mol.